The molecule has 7 rings (SSSR count). The molecule has 0 aliphatic rings. The largest absolute Gasteiger partial charge is 0.455 e. The molecule has 0 saturated heterocycles. The Labute approximate surface area is 225 Å². The Morgan fingerprint density at radius 1 is 0.513 bits per heavy atom. The maximum absolute atomic E-state index is 7.27. The van der Waals surface area contributed by atoms with Crippen molar-refractivity contribution in [1.29, 1.82) is 0 Å². The van der Waals surface area contributed by atoms with Crippen molar-refractivity contribution in [3.05, 3.63) is 139 Å². The topological polar surface area (TPSA) is 43.3 Å². The quantitative estimate of drug-likeness (QED) is 0.226. The van der Waals surface area contributed by atoms with Gasteiger partial charge in [0.2, 0.25) is 0 Å². The smallest absolute Gasteiger partial charge is 0.187 e. The van der Waals surface area contributed by atoms with E-state index in [-0.39, 0.29) is 0 Å². The van der Waals surface area contributed by atoms with Crippen LogP contribution in [0.1, 0.15) is 0 Å². The molecule has 0 amide bonds. The average Bonchev–Trinajstić information content (AvgIpc) is 3.41. The number of benzene rings is 4. The lowest BCUT2D eigenvalue weighted by Crippen LogP contribution is -1.87. The fourth-order valence-corrected chi connectivity index (χ4v) is 5.17. The average molecular weight is 500 g/mol. The maximum Gasteiger partial charge on any atom is 0.187 e. The molecular weight excluding hydrogens is 478 g/mol. The second-order valence-corrected chi connectivity index (χ2v) is 9.41. The van der Waals surface area contributed by atoms with Crippen LogP contribution in [0.5, 0.6) is 0 Å². The highest BCUT2D eigenvalue weighted by Gasteiger charge is 2.17. The van der Waals surface area contributed by atoms with Crippen LogP contribution in [0.3, 0.4) is 0 Å². The molecule has 0 fully saturated rings. The van der Waals surface area contributed by atoms with Gasteiger partial charge in [0.15, 0.2) is 5.69 Å². The van der Waals surface area contributed by atoms with Crippen LogP contribution in [0.4, 0.5) is 5.69 Å². The summed E-state index contributed by atoms with van der Waals surface area (Å²) in [4.78, 5) is 12.2. The second kappa shape index (κ2) is 9.41. The van der Waals surface area contributed by atoms with Gasteiger partial charge in [-0.2, -0.15) is 0 Å². The molecule has 0 aliphatic carbocycles. The lowest BCUT2D eigenvalue weighted by atomic mass is 9.93. The summed E-state index contributed by atoms with van der Waals surface area (Å²) in [5, 5.41) is 2.13. The molecule has 0 bridgehead atoms. The van der Waals surface area contributed by atoms with Crippen LogP contribution >= 0.6 is 0 Å². The summed E-state index contributed by atoms with van der Waals surface area (Å²) in [5.41, 5.74) is 10.7. The molecule has 0 spiro atoms. The maximum atomic E-state index is 7.27. The van der Waals surface area contributed by atoms with Gasteiger partial charge in [0, 0.05) is 57.8 Å². The molecule has 3 heterocycles. The molecular formula is C35H21N3O. The van der Waals surface area contributed by atoms with Crippen molar-refractivity contribution in [3.8, 4) is 44.5 Å². The van der Waals surface area contributed by atoms with Gasteiger partial charge < -0.3 is 4.42 Å². The predicted octanol–water partition coefficient (Wildman–Crippen LogP) is 9.59. The van der Waals surface area contributed by atoms with Gasteiger partial charge in [0.25, 0.3) is 0 Å². The molecule has 0 unspecified atom stereocenters. The monoisotopic (exact) mass is 499 g/mol. The minimum absolute atomic E-state index is 0.621. The number of para-hydroxylation sites is 2. The molecule has 0 aliphatic heterocycles. The summed E-state index contributed by atoms with van der Waals surface area (Å²) in [6.45, 7) is 7.27. The zero-order chi connectivity index (χ0) is 26.2. The van der Waals surface area contributed by atoms with E-state index in [1.54, 1.807) is 12.4 Å². The van der Waals surface area contributed by atoms with Gasteiger partial charge in [-0.05, 0) is 52.6 Å². The Bertz CT molecular complexity index is 1940. The molecule has 0 N–H and O–H groups in total. The number of aromatic nitrogens is 2. The van der Waals surface area contributed by atoms with Gasteiger partial charge >= 0.3 is 0 Å². The van der Waals surface area contributed by atoms with Crippen LogP contribution < -0.4 is 0 Å². The zero-order valence-electron chi connectivity index (χ0n) is 20.9. The number of hydrogen-bond acceptors (Lipinski definition) is 3. The summed E-state index contributed by atoms with van der Waals surface area (Å²) < 4.78 is 6.69. The summed E-state index contributed by atoms with van der Waals surface area (Å²) >= 11 is 0. The molecule has 0 saturated carbocycles. The fraction of sp³-hybridized carbons (Fsp3) is 0. The predicted molar refractivity (Wildman–Crippen MR) is 157 cm³/mol. The second-order valence-electron chi connectivity index (χ2n) is 9.41. The highest BCUT2D eigenvalue weighted by atomic mass is 16.3. The first-order chi connectivity index (χ1) is 19.3. The summed E-state index contributed by atoms with van der Waals surface area (Å²) in [6, 6.07) is 34.8. The molecule has 4 nitrogen and oxygen atoms in total. The van der Waals surface area contributed by atoms with Gasteiger partial charge in [0.1, 0.15) is 11.2 Å². The SMILES string of the molecule is [C-]#[N+]c1ccc(-c2cccc3c2oc2c(-c4cc(-c5cccnc5)cc(-c5cccnc5)c4)cccc23)cc1. The van der Waals surface area contributed by atoms with Crippen molar-refractivity contribution in [2.75, 3.05) is 0 Å². The summed E-state index contributed by atoms with van der Waals surface area (Å²) in [7, 11) is 0. The van der Waals surface area contributed by atoms with E-state index in [9.17, 15) is 0 Å². The van der Waals surface area contributed by atoms with Crippen LogP contribution in [0.25, 0.3) is 71.3 Å². The van der Waals surface area contributed by atoms with Crippen molar-refractivity contribution >= 4 is 27.6 Å². The van der Waals surface area contributed by atoms with Gasteiger partial charge in [-0.3, -0.25) is 9.97 Å². The van der Waals surface area contributed by atoms with E-state index >= 15 is 0 Å². The molecule has 182 valence electrons. The third-order valence-electron chi connectivity index (χ3n) is 7.07. The van der Waals surface area contributed by atoms with Crippen LogP contribution in [0.2, 0.25) is 0 Å². The number of fused-ring (bicyclic) bond motifs is 3. The number of hydrogen-bond donors (Lipinski definition) is 0. The first-order valence-corrected chi connectivity index (χ1v) is 12.7. The van der Waals surface area contributed by atoms with Crippen molar-refractivity contribution in [2.24, 2.45) is 0 Å². The van der Waals surface area contributed by atoms with Crippen molar-refractivity contribution < 1.29 is 4.42 Å². The van der Waals surface area contributed by atoms with Gasteiger partial charge in [0.05, 0.1) is 6.57 Å². The summed E-state index contributed by atoms with van der Waals surface area (Å²) in [6.07, 6.45) is 7.35. The third kappa shape index (κ3) is 4.03. The molecule has 3 aromatic heterocycles. The Kier molecular flexibility index (Phi) is 5.46. The van der Waals surface area contributed by atoms with Gasteiger partial charge in [-0.1, -0.05) is 72.8 Å². The number of pyridine rings is 2. The van der Waals surface area contributed by atoms with Gasteiger partial charge in [-0.25, -0.2) is 4.85 Å². The molecule has 4 heteroatoms. The minimum atomic E-state index is 0.621. The van der Waals surface area contributed by atoms with E-state index in [2.05, 4.69) is 81.5 Å². The van der Waals surface area contributed by atoms with Crippen LogP contribution in [0.15, 0.2) is 132 Å². The lowest BCUT2D eigenvalue weighted by Gasteiger charge is -2.11. The normalized spacial score (nSPS) is 11.1. The Balaban J connectivity index is 1.46. The number of nitrogens with zero attached hydrogens (tertiary/aromatic N) is 3. The third-order valence-corrected chi connectivity index (χ3v) is 7.07. The standard InChI is InChI=1S/C35H21N3O/c1-36-29-14-12-23(13-15-29)30-8-2-10-32-33-11-3-9-31(35(33)39-34(30)32)28-19-26(24-6-4-16-37-21-24)18-27(20-28)25-7-5-17-38-22-25/h2-22H. The van der Waals surface area contributed by atoms with Crippen molar-refractivity contribution in [3.63, 3.8) is 0 Å². The van der Waals surface area contributed by atoms with E-state index in [0.717, 1.165) is 66.4 Å². The van der Waals surface area contributed by atoms with Crippen molar-refractivity contribution in [1.82, 2.24) is 9.97 Å². The Morgan fingerprint density at radius 3 is 1.56 bits per heavy atom. The molecule has 0 radical (unpaired) electrons. The van der Waals surface area contributed by atoms with E-state index in [1.165, 1.54) is 0 Å². The first-order valence-electron chi connectivity index (χ1n) is 12.7. The molecule has 4 aromatic carbocycles. The van der Waals surface area contributed by atoms with E-state index in [1.807, 2.05) is 48.8 Å². The Morgan fingerprint density at radius 2 is 1.05 bits per heavy atom. The van der Waals surface area contributed by atoms with E-state index < -0.39 is 0 Å². The molecule has 7 aromatic rings. The Hall–Kier alpha value is -5.53. The van der Waals surface area contributed by atoms with Crippen LogP contribution in [0, 0.1) is 6.57 Å². The minimum Gasteiger partial charge on any atom is -0.455 e. The highest BCUT2D eigenvalue weighted by Crippen LogP contribution is 2.41. The number of rotatable bonds is 4. The van der Waals surface area contributed by atoms with Gasteiger partial charge in [-0.15, -0.1) is 0 Å². The molecule has 0 atom stereocenters. The zero-order valence-corrected chi connectivity index (χ0v) is 20.9. The summed E-state index contributed by atoms with van der Waals surface area (Å²) in [5.74, 6) is 0. The van der Waals surface area contributed by atoms with Crippen LogP contribution in [-0.4, -0.2) is 9.97 Å². The lowest BCUT2D eigenvalue weighted by molar-refractivity contribution is 0.671. The van der Waals surface area contributed by atoms with E-state index in [4.69, 9.17) is 11.0 Å². The van der Waals surface area contributed by atoms with Crippen molar-refractivity contribution in [2.45, 2.75) is 0 Å². The fourth-order valence-electron chi connectivity index (χ4n) is 5.17. The van der Waals surface area contributed by atoms with E-state index in [0.29, 0.717) is 5.69 Å². The molecule has 39 heavy (non-hydrogen) atoms. The first kappa shape index (κ1) is 22.7. The highest BCUT2D eigenvalue weighted by molar-refractivity contribution is 6.13. The van der Waals surface area contributed by atoms with Crippen LogP contribution in [-0.2, 0) is 0 Å². The number of furan rings is 1.